The molecule has 3 aromatic rings. The third-order valence-corrected chi connectivity index (χ3v) is 9.68. The van der Waals surface area contributed by atoms with Crippen LogP contribution in [-0.2, 0) is 21.4 Å². The molecule has 0 unspecified atom stereocenters. The number of nitrogens with one attached hydrogen (secondary N) is 2. The Balaban J connectivity index is 1.45. The van der Waals surface area contributed by atoms with Gasteiger partial charge in [0.2, 0.25) is 0 Å². The van der Waals surface area contributed by atoms with Crippen LogP contribution in [0.25, 0.3) is 0 Å². The summed E-state index contributed by atoms with van der Waals surface area (Å²) in [5.74, 6) is -0.311. The van der Waals surface area contributed by atoms with Gasteiger partial charge in [0.05, 0.1) is 13.2 Å². The summed E-state index contributed by atoms with van der Waals surface area (Å²) < 4.78 is 49.1. The average Bonchev–Trinajstić information content (AvgIpc) is 2.98. The number of nitrogens with zero attached hydrogens (tertiary/aromatic N) is 3. The minimum atomic E-state index is -3.63. The molecule has 5 rings (SSSR count). The zero-order chi connectivity index (χ0) is 28.1. The van der Waals surface area contributed by atoms with Crippen LogP contribution in [0.3, 0.4) is 0 Å². The van der Waals surface area contributed by atoms with E-state index in [0.29, 0.717) is 51.5 Å². The van der Waals surface area contributed by atoms with Gasteiger partial charge < -0.3 is 15.5 Å². The molecule has 2 aliphatic heterocycles. The molecule has 0 spiro atoms. The first-order valence-corrected chi connectivity index (χ1v) is 15.0. The van der Waals surface area contributed by atoms with Crippen molar-refractivity contribution in [2.24, 2.45) is 0 Å². The molecular weight excluding hydrogens is 529 g/mol. The van der Waals surface area contributed by atoms with E-state index >= 15 is 0 Å². The Hall–Kier alpha value is -3.15. The van der Waals surface area contributed by atoms with Gasteiger partial charge in [-0.25, -0.2) is 4.39 Å². The fourth-order valence-corrected chi connectivity index (χ4v) is 7.02. The molecule has 0 amide bonds. The SMILES string of the molecule is Cc1cc(Nc2ccc(F)cc2)c(C=N)cc1[C@H]1CN(S(=O)(=O)N2CCOCC2)CCN1CCc1ccccc1. The molecule has 2 fully saturated rings. The molecule has 1 atom stereocenters. The largest absolute Gasteiger partial charge is 0.379 e. The predicted molar refractivity (Wildman–Crippen MR) is 156 cm³/mol. The third-order valence-electron chi connectivity index (χ3n) is 7.68. The Morgan fingerprint density at radius 1 is 1.00 bits per heavy atom. The summed E-state index contributed by atoms with van der Waals surface area (Å²) in [4.78, 5) is 2.36. The van der Waals surface area contributed by atoms with Crippen molar-refractivity contribution in [3.05, 3.63) is 94.8 Å². The lowest BCUT2D eigenvalue weighted by Crippen LogP contribution is -2.56. The van der Waals surface area contributed by atoms with Crippen LogP contribution < -0.4 is 5.32 Å². The van der Waals surface area contributed by atoms with Crippen molar-refractivity contribution in [1.29, 1.82) is 5.41 Å². The van der Waals surface area contributed by atoms with Crippen LogP contribution in [0.1, 0.15) is 28.3 Å². The quantitative estimate of drug-likeness (QED) is 0.377. The van der Waals surface area contributed by atoms with Crippen molar-refractivity contribution in [1.82, 2.24) is 13.5 Å². The molecule has 2 N–H and O–H groups in total. The molecule has 0 radical (unpaired) electrons. The van der Waals surface area contributed by atoms with Gasteiger partial charge in [-0.1, -0.05) is 30.3 Å². The molecule has 0 saturated carbocycles. The van der Waals surface area contributed by atoms with Crippen LogP contribution in [0.15, 0.2) is 66.7 Å². The van der Waals surface area contributed by atoms with Gasteiger partial charge in [0, 0.05) is 68.5 Å². The molecular formula is C30H36FN5O3S. The highest BCUT2D eigenvalue weighted by Gasteiger charge is 2.38. The first kappa shape index (κ1) is 28.4. The van der Waals surface area contributed by atoms with Gasteiger partial charge in [0.25, 0.3) is 10.2 Å². The number of hydrogen-bond acceptors (Lipinski definition) is 6. The maximum atomic E-state index is 13.6. The highest BCUT2D eigenvalue weighted by molar-refractivity contribution is 7.86. The van der Waals surface area contributed by atoms with Gasteiger partial charge in [-0.3, -0.25) is 4.90 Å². The van der Waals surface area contributed by atoms with E-state index in [4.69, 9.17) is 10.1 Å². The number of rotatable bonds is 9. The van der Waals surface area contributed by atoms with Gasteiger partial charge in [-0.2, -0.15) is 17.0 Å². The molecule has 2 aliphatic rings. The summed E-state index contributed by atoms with van der Waals surface area (Å²) in [5.41, 5.74) is 5.38. The number of ether oxygens (including phenoxy) is 1. The normalized spacial score (nSPS) is 19.4. The fourth-order valence-electron chi connectivity index (χ4n) is 5.44. The topological polar surface area (TPSA) is 89.0 Å². The van der Waals surface area contributed by atoms with E-state index in [9.17, 15) is 12.8 Å². The zero-order valence-electron chi connectivity index (χ0n) is 22.7. The molecule has 8 nitrogen and oxygen atoms in total. The van der Waals surface area contributed by atoms with Gasteiger partial charge in [-0.15, -0.1) is 0 Å². The molecule has 2 saturated heterocycles. The number of hydrogen-bond donors (Lipinski definition) is 2. The fraction of sp³-hybridized carbons (Fsp3) is 0.367. The Bertz CT molecular complexity index is 1410. The molecule has 2 heterocycles. The highest BCUT2D eigenvalue weighted by atomic mass is 32.2. The van der Waals surface area contributed by atoms with Crippen molar-refractivity contribution in [2.45, 2.75) is 19.4 Å². The molecule has 0 aromatic heterocycles. The van der Waals surface area contributed by atoms with Crippen LogP contribution in [0.5, 0.6) is 0 Å². The van der Waals surface area contributed by atoms with E-state index < -0.39 is 10.2 Å². The zero-order valence-corrected chi connectivity index (χ0v) is 23.5. The Kier molecular flexibility index (Phi) is 8.92. The molecule has 212 valence electrons. The standard InChI is InChI=1S/C30H36FN5O3S/c1-23-19-29(33-27-9-7-26(31)8-10-27)25(21-32)20-28(23)30-22-36(40(37,38)35-15-17-39-18-16-35)14-13-34(30)12-11-24-5-3-2-4-6-24/h2-10,19-21,30,32-33H,11-18,22H2,1H3/t30-/m1/s1. The second-order valence-corrected chi connectivity index (χ2v) is 12.2. The molecule has 3 aromatic carbocycles. The number of piperazine rings is 1. The number of halogens is 1. The van der Waals surface area contributed by atoms with Crippen molar-refractivity contribution in [3.8, 4) is 0 Å². The molecule has 40 heavy (non-hydrogen) atoms. The lowest BCUT2D eigenvalue weighted by molar-refractivity contribution is 0.0651. The molecule has 0 aliphatic carbocycles. The van der Waals surface area contributed by atoms with Gasteiger partial charge in [0.1, 0.15) is 5.82 Å². The van der Waals surface area contributed by atoms with E-state index in [-0.39, 0.29) is 11.9 Å². The van der Waals surface area contributed by atoms with Crippen molar-refractivity contribution >= 4 is 27.8 Å². The second-order valence-electron chi connectivity index (χ2n) is 10.2. The van der Waals surface area contributed by atoms with Crippen molar-refractivity contribution in [2.75, 3.05) is 57.8 Å². The van der Waals surface area contributed by atoms with Gasteiger partial charge >= 0.3 is 0 Å². The van der Waals surface area contributed by atoms with E-state index in [2.05, 4.69) is 22.3 Å². The van der Waals surface area contributed by atoms with Crippen LogP contribution in [0.4, 0.5) is 15.8 Å². The number of morpholine rings is 1. The summed E-state index contributed by atoms with van der Waals surface area (Å²) in [6.45, 7) is 5.70. The first-order chi connectivity index (χ1) is 19.3. The summed E-state index contributed by atoms with van der Waals surface area (Å²) in [5, 5.41) is 11.4. The second kappa shape index (κ2) is 12.6. The van der Waals surface area contributed by atoms with Crippen LogP contribution in [-0.4, -0.2) is 80.6 Å². The Morgan fingerprint density at radius 3 is 2.42 bits per heavy atom. The van der Waals surface area contributed by atoms with E-state index in [1.807, 2.05) is 37.3 Å². The Labute approximate surface area is 236 Å². The van der Waals surface area contributed by atoms with Crippen molar-refractivity contribution in [3.63, 3.8) is 0 Å². The number of anilines is 2. The number of benzene rings is 3. The summed E-state index contributed by atoms with van der Waals surface area (Å²) in [7, 11) is -3.63. The summed E-state index contributed by atoms with van der Waals surface area (Å²) in [6, 6.07) is 20.2. The van der Waals surface area contributed by atoms with Crippen LogP contribution >= 0.6 is 0 Å². The predicted octanol–water partition coefficient (Wildman–Crippen LogP) is 4.35. The molecule has 0 bridgehead atoms. The smallest absolute Gasteiger partial charge is 0.282 e. The van der Waals surface area contributed by atoms with E-state index in [1.165, 1.54) is 28.2 Å². The lowest BCUT2D eigenvalue weighted by Gasteiger charge is -2.43. The Morgan fingerprint density at radius 2 is 1.73 bits per heavy atom. The monoisotopic (exact) mass is 565 g/mol. The minimum absolute atomic E-state index is 0.174. The van der Waals surface area contributed by atoms with Gasteiger partial charge in [0.15, 0.2) is 0 Å². The molecule has 10 heteroatoms. The number of aryl methyl sites for hydroxylation is 1. The lowest BCUT2D eigenvalue weighted by atomic mass is 9.94. The maximum Gasteiger partial charge on any atom is 0.282 e. The average molecular weight is 566 g/mol. The van der Waals surface area contributed by atoms with Crippen LogP contribution in [0, 0.1) is 18.2 Å². The third kappa shape index (κ3) is 6.42. The summed E-state index contributed by atoms with van der Waals surface area (Å²) >= 11 is 0. The maximum absolute atomic E-state index is 13.6. The van der Waals surface area contributed by atoms with E-state index in [1.54, 1.807) is 16.4 Å². The minimum Gasteiger partial charge on any atom is -0.379 e. The summed E-state index contributed by atoms with van der Waals surface area (Å²) in [6.07, 6.45) is 2.16. The van der Waals surface area contributed by atoms with Crippen LogP contribution in [0.2, 0.25) is 0 Å². The van der Waals surface area contributed by atoms with Crippen molar-refractivity contribution < 1.29 is 17.5 Å². The first-order valence-electron chi connectivity index (χ1n) is 13.6. The van der Waals surface area contributed by atoms with Gasteiger partial charge in [-0.05, 0) is 66.4 Å². The highest BCUT2D eigenvalue weighted by Crippen LogP contribution is 2.34. The van der Waals surface area contributed by atoms with E-state index in [0.717, 1.165) is 35.5 Å².